The average Bonchev–Trinajstić information content (AvgIpc) is 2.28. The van der Waals surface area contributed by atoms with Crippen molar-refractivity contribution in [3.05, 3.63) is 60.3 Å². The maximum atomic E-state index is 3.87. The number of hydrogen-bond donors (Lipinski definition) is 0. The number of rotatable bonds is 3. The van der Waals surface area contributed by atoms with Gasteiger partial charge in [-0.3, -0.25) is 0 Å². The first-order valence-electron chi connectivity index (χ1n) is 5.41. The fourth-order valence-electron chi connectivity index (χ4n) is 2.06. The molecule has 0 bridgehead atoms. The van der Waals surface area contributed by atoms with Gasteiger partial charge >= 0.3 is 0 Å². The van der Waals surface area contributed by atoms with Crippen molar-refractivity contribution in [1.82, 2.24) is 0 Å². The van der Waals surface area contributed by atoms with Crippen LogP contribution in [0.15, 0.2) is 54.7 Å². The Kier molecular flexibility index (Phi) is 3.02. The molecule has 2 aromatic rings. The lowest BCUT2D eigenvalue weighted by Gasteiger charge is -2.12. The highest BCUT2D eigenvalue weighted by Crippen LogP contribution is 2.24. The van der Waals surface area contributed by atoms with Crippen LogP contribution >= 0.6 is 0 Å². The van der Waals surface area contributed by atoms with E-state index < -0.39 is 0 Å². The summed E-state index contributed by atoms with van der Waals surface area (Å²) in [5, 5.41) is 2.75. The van der Waals surface area contributed by atoms with Gasteiger partial charge in [-0.2, -0.15) is 0 Å². The lowest BCUT2D eigenvalue weighted by molar-refractivity contribution is 1.09. The molecule has 2 aromatic carbocycles. The maximum absolute atomic E-state index is 3.87. The molecule has 0 aliphatic rings. The van der Waals surface area contributed by atoms with Gasteiger partial charge in [-0.25, -0.2) is 0 Å². The monoisotopic (exact) mass is 212 g/mol. The van der Waals surface area contributed by atoms with E-state index in [1.54, 1.807) is 0 Å². The van der Waals surface area contributed by atoms with Crippen molar-refractivity contribution in [1.29, 1.82) is 0 Å². The van der Waals surface area contributed by atoms with Crippen LogP contribution in [0.3, 0.4) is 0 Å². The van der Waals surface area contributed by atoms with Crippen molar-refractivity contribution >= 4 is 20.3 Å². The Morgan fingerprint density at radius 2 is 1.87 bits per heavy atom. The lowest BCUT2D eigenvalue weighted by atomic mass is 10.0. The minimum absolute atomic E-state index is 0.177. The summed E-state index contributed by atoms with van der Waals surface area (Å²) in [6.07, 6.45) is 0. The molecule has 0 heterocycles. The molecule has 76 valence electrons. The standard InChI is InChI=1S/C14H16Si/c1-3-15-11(2)13-10-6-8-12-7-4-5-9-14(12)13/h3-11H,1,15H2,2H3. The van der Waals surface area contributed by atoms with Crippen LogP contribution in [0.4, 0.5) is 0 Å². The first-order valence-corrected chi connectivity index (χ1v) is 7.05. The summed E-state index contributed by atoms with van der Waals surface area (Å²) < 4.78 is 0. The SMILES string of the molecule is C=C[SiH2]C(C)c1cccc2ccccc12. The summed E-state index contributed by atoms with van der Waals surface area (Å²) in [6, 6.07) is 15.2. The van der Waals surface area contributed by atoms with Crippen LogP contribution in [-0.4, -0.2) is 9.52 Å². The highest BCUT2D eigenvalue weighted by molar-refractivity contribution is 6.44. The molecule has 2 rings (SSSR count). The van der Waals surface area contributed by atoms with Gasteiger partial charge in [-0.15, -0.1) is 12.3 Å². The topological polar surface area (TPSA) is 0 Å². The largest absolute Gasteiger partial charge is 0.108 e. The summed E-state index contributed by atoms with van der Waals surface area (Å²) in [7, 11) is -0.177. The van der Waals surface area contributed by atoms with E-state index in [-0.39, 0.29) is 9.52 Å². The number of benzene rings is 2. The summed E-state index contributed by atoms with van der Waals surface area (Å²) in [4.78, 5) is 0. The molecule has 0 aliphatic carbocycles. The maximum Gasteiger partial charge on any atom is 0.0521 e. The number of fused-ring (bicyclic) bond motifs is 1. The van der Waals surface area contributed by atoms with E-state index in [2.05, 4.69) is 61.7 Å². The van der Waals surface area contributed by atoms with E-state index in [0.717, 1.165) is 0 Å². The second-order valence-corrected chi connectivity index (χ2v) is 6.27. The third-order valence-electron chi connectivity index (χ3n) is 2.87. The van der Waals surface area contributed by atoms with Crippen molar-refractivity contribution in [2.45, 2.75) is 12.5 Å². The Morgan fingerprint density at radius 1 is 1.13 bits per heavy atom. The minimum atomic E-state index is -0.177. The van der Waals surface area contributed by atoms with Gasteiger partial charge in [0, 0.05) is 0 Å². The van der Waals surface area contributed by atoms with E-state index in [0.29, 0.717) is 5.54 Å². The average molecular weight is 212 g/mol. The quantitative estimate of drug-likeness (QED) is 0.685. The van der Waals surface area contributed by atoms with Gasteiger partial charge in [-0.1, -0.05) is 49.4 Å². The van der Waals surface area contributed by atoms with Crippen molar-refractivity contribution in [2.24, 2.45) is 0 Å². The van der Waals surface area contributed by atoms with E-state index in [9.17, 15) is 0 Å². The van der Waals surface area contributed by atoms with Gasteiger partial charge in [0.15, 0.2) is 0 Å². The predicted molar refractivity (Wildman–Crippen MR) is 71.1 cm³/mol. The molecular weight excluding hydrogens is 196 g/mol. The summed E-state index contributed by atoms with van der Waals surface area (Å²) >= 11 is 0. The van der Waals surface area contributed by atoms with Crippen LogP contribution in [0.1, 0.15) is 18.0 Å². The van der Waals surface area contributed by atoms with Gasteiger partial charge in [0.1, 0.15) is 0 Å². The first kappa shape index (κ1) is 10.2. The van der Waals surface area contributed by atoms with E-state index >= 15 is 0 Å². The summed E-state index contributed by atoms with van der Waals surface area (Å²) in [5.74, 6) is 0. The van der Waals surface area contributed by atoms with E-state index in [4.69, 9.17) is 0 Å². The fourth-order valence-corrected chi connectivity index (χ4v) is 3.17. The van der Waals surface area contributed by atoms with Crippen molar-refractivity contribution in [3.63, 3.8) is 0 Å². The zero-order chi connectivity index (χ0) is 10.7. The molecule has 0 N–H and O–H groups in total. The normalized spacial score (nSPS) is 13.4. The van der Waals surface area contributed by atoms with Crippen LogP contribution in [0, 0.1) is 0 Å². The fraction of sp³-hybridized carbons (Fsp3) is 0.143. The molecule has 0 nitrogen and oxygen atoms in total. The zero-order valence-corrected chi connectivity index (χ0v) is 10.5. The second-order valence-electron chi connectivity index (χ2n) is 3.99. The Morgan fingerprint density at radius 3 is 2.67 bits per heavy atom. The second kappa shape index (κ2) is 4.45. The third kappa shape index (κ3) is 2.02. The first-order chi connectivity index (χ1) is 7.33. The molecular formula is C14H16Si. The van der Waals surface area contributed by atoms with Crippen LogP contribution in [0.5, 0.6) is 0 Å². The molecule has 1 unspecified atom stereocenters. The van der Waals surface area contributed by atoms with Crippen LogP contribution < -0.4 is 0 Å². The third-order valence-corrected chi connectivity index (χ3v) is 4.35. The summed E-state index contributed by atoms with van der Waals surface area (Å²) in [6.45, 7) is 6.18. The highest BCUT2D eigenvalue weighted by atomic mass is 28.2. The van der Waals surface area contributed by atoms with Crippen LogP contribution in [-0.2, 0) is 0 Å². The molecule has 0 aromatic heterocycles. The Balaban J connectivity index is 2.55. The van der Waals surface area contributed by atoms with Crippen molar-refractivity contribution in [2.75, 3.05) is 0 Å². The van der Waals surface area contributed by atoms with Crippen molar-refractivity contribution in [3.8, 4) is 0 Å². The van der Waals surface area contributed by atoms with Gasteiger partial charge in [0.2, 0.25) is 0 Å². The number of hydrogen-bond acceptors (Lipinski definition) is 0. The molecule has 15 heavy (non-hydrogen) atoms. The van der Waals surface area contributed by atoms with Crippen molar-refractivity contribution < 1.29 is 0 Å². The zero-order valence-electron chi connectivity index (χ0n) is 9.11. The predicted octanol–water partition coefficient (Wildman–Crippen LogP) is 3.21. The Hall–Kier alpha value is -1.34. The van der Waals surface area contributed by atoms with Crippen LogP contribution in [0.2, 0.25) is 0 Å². The highest BCUT2D eigenvalue weighted by Gasteiger charge is 2.07. The van der Waals surface area contributed by atoms with E-state index in [1.165, 1.54) is 16.3 Å². The molecule has 0 aliphatic heterocycles. The van der Waals surface area contributed by atoms with Crippen LogP contribution in [0.25, 0.3) is 10.8 Å². The molecule has 0 radical (unpaired) electrons. The molecule has 0 fully saturated rings. The molecule has 1 atom stereocenters. The van der Waals surface area contributed by atoms with Gasteiger partial charge in [0.25, 0.3) is 0 Å². The molecule has 1 heteroatoms. The molecule has 0 saturated carbocycles. The molecule has 0 saturated heterocycles. The lowest BCUT2D eigenvalue weighted by Crippen LogP contribution is -2.01. The molecule has 0 spiro atoms. The van der Waals surface area contributed by atoms with E-state index in [1.807, 2.05) is 0 Å². The van der Waals surface area contributed by atoms with Gasteiger partial charge in [-0.05, 0) is 21.9 Å². The molecule has 0 amide bonds. The van der Waals surface area contributed by atoms with Gasteiger partial charge < -0.3 is 0 Å². The Bertz CT molecular complexity index is 468. The Labute approximate surface area is 93.5 Å². The smallest absolute Gasteiger partial charge is 0.0521 e. The summed E-state index contributed by atoms with van der Waals surface area (Å²) in [5.41, 5.74) is 4.31. The van der Waals surface area contributed by atoms with Gasteiger partial charge in [0.05, 0.1) is 9.52 Å². The minimum Gasteiger partial charge on any atom is -0.108 e.